The molecule has 2 rings (SSSR count). The van der Waals surface area contributed by atoms with Gasteiger partial charge in [0.2, 0.25) is 0 Å². The summed E-state index contributed by atoms with van der Waals surface area (Å²) in [5, 5.41) is 14.1. The molecule has 0 aliphatic heterocycles. The SMILES string of the molecule is CSc1cncc(N[C@@H](C)[C@H](O)c2ccc(F)cc2)n1. The van der Waals surface area contributed by atoms with Crippen LogP contribution in [0.25, 0.3) is 0 Å². The molecule has 4 nitrogen and oxygen atoms in total. The molecule has 2 aromatic rings. The van der Waals surface area contributed by atoms with Crippen molar-refractivity contribution in [2.45, 2.75) is 24.1 Å². The predicted molar refractivity (Wildman–Crippen MR) is 78.3 cm³/mol. The van der Waals surface area contributed by atoms with Crippen molar-refractivity contribution in [1.29, 1.82) is 0 Å². The van der Waals surface area contributed by atoms with E-state index in [0.29, 0.717) is 11.4 Å². The van der Waals surface area contributed by atoms with E-state index in [9.17, 15) is 9.50 Å². The summed E-state index contributed by atoms with van der Waals surface area (Å²) in [6.07, 6.45) is 4.45. The Morgan fingerprint density at radius 3 is 2.60 bits per heavy atom. The molecular formula is C14H16FN3OS. The molecule has 0 amide bonds. The highest BCUT2D eigenvalue weighted by Crippen LogP contribution is 2.20. The third-order valence-electron chi connectivity index (χ3n) is 2.88. The summed E-state index contributed by atoms with van der Waals surface area (Å²) in [5.41, 5.74) is 0.653. The minimum Gasteiger partial charge on any atom is -0.386 e. The predicted octanol–water partition coefficient (Wildman–Crippen LogP) is 2.87. The van der Waals surface area contributed by atoms with Gasteiger partial charge in [-0.05, 0) is 30.9 Å². The molecule has 20 heavy (non-hydrogen) atoms. The number of halogens is 1. The Balaban J connectivity index is 2.06. The molecule has 2 atom stereocenters. The Morgan fingerprint density at radius 1 is 1.25 bits per heavy atom. The van der Waals surface area contributed by atoms with Crippen molar-refractivity contribution in [3.8, 4) is 0 Å². The largest absolute Gasteiger partial charge is 0.386 e. The zero-order valence-electron chi connectivity index (χ0n) is 11.2. The monoisotopic (exact) mass is 293 g/mol. The number of aromatic nitrogens is 2. The van der Waals surface area contributed by atoms with Crippen LogP contribution in [0.2, 0.25) is 0 Å². The fraction of sp³-hybridized carbons (Fsp3) is 0.286. The summed E-state index contributed by atoms with van der Waals surface area (Å²) < 4.78 is 12.9. The Kier molecular flexibility index (Phi) is 4.92. The van der Waals surface area contributed by atoms with Crippen molar-refractivity contribution in [3.05, 3.63) is 48.0 Å². The smallest absolute Gasteiger partial charge is 0.146 e. The second kappa shape index (κ2) is 6.67. The highest BCUT2D eigenvalue weighted by atomic mass is 32.2. The van der Waals surface area contributed by atoms with Crippen LogP contribution in [0, 0.1) is 5.82 Å². The average molecular weight is 293 g/mol. The van der Waals surface area contributed by atoms with E-state index in [1.54, 1.807) is 24.5 Å². The van der Waals surface area contributed by atoms with E-state index < -0.39 is 6.10 Å². The van der Waals surface area contributed by atoms with Crippen molar-refractivity contribution >= 4 is 17.6 Å². The molecule has 1 aromatic heterocycles. The van der Waals surface area contributed by atoms with Gasteiger partial charge in [0.15, 0.2) is 0 Å². The Morgan fingerprint density at radius 2 is 1.95 bits per heavy atom. The van der Waals surface area contributed by atoms with E-state index in [-0.39, 0.29) is 11.9 Å². The van der Waals surface area contributed by atoms with Crippen LogP contribution in [0.3, 0.4) is 0 Å². The van der Waals surface area contributed by atoms with Gasteiger partial charge in [0, 0.05) is 0 Å². The van der Waals surface area contributed by atoms with Gasteiger partial charge in [-0.15, -0.1) is 11.8 Å². The fourth-order valence-corrected chi connectivity index (χ4v) is 2.13. The topological polar surface area (TPSA) is 58.0 Å². The molecule has 106 valence electrons. The van der Waals surface area contributed by atoms with Gasteiger partial charge in [-0.25, -0.2) is 9.37 Å². The zero-order chi connectivity index (χ0) is 14.5. The number of aliphatic hydroxyl groups excluding tert-OH is 1. The lowest BCUT2D eigenvalue weighted by molar-refractivity contribution is 0.160. The number of rotatable bonds is 5. The summed E-state index contributed by atoms with van der Waals surface area (Å²) in [5.74, 6) is 0.283. The van der Waals surface area contributed by atoms with Gasteiger partial charge < -0.3 is 10.4 Å². The third kappa shape index (κ3) is 3.68. The molecular weight excluding hydrogens is 277 g/mol. The summed E-state index contributed by atoms with van der Waals surface area (Å²) in [7, 11) is 0. The van der Waals surface area contributed by atoms with Crippen LogP contribution >= 0.6 is 11.8 Å². The van der Waals surface area contributed by atoms with Gasteiger partial charge in [-0.3, -0.25) is 4.98 Å². The van der Waals surface area contributed by atoms with Crippen molar-refractivity contribution in [1.82, 2.24) is 9.97 Å². The van der Waals surface area contributed by atoms with Crippen LogP contribution in [0.15, 0.2) is 41.7 Å². The second-order valence-corrected chi connectivity index (χ2v) is 5.20. The second-order valence-electron chi connectivity index (χ2n) is 4.38. The zero-order valence-corrected chi connectivity index (χ0v) is 12.1. The van der Waals surface area contributed by atoms with E-state index in [4.69, 9.17) is 0 Å². The highest BCUT2D eigenvalue weighted by molar-refractivity contribution is 7.98. The molecule has 0 aliphatic rings. The first-order chi connectivity index (χ1) is 9.60. The Labute approximate surface area is 121 Å². The molecule has 0 radical (unpaired) electrons. The Bertz CT molecular complexity index is 565. The summed E-state index contributed by atoms with van der Waals surface area (Å²) in [6, 6.07) is 5.54. The first-order valence-electron chi connectivity index (χ1n) is 6.16. The Hall–Kier alpha value is -1.66. The summed E-state index contributed by atoms with van der Waals surface area (Å²) in [4.78, 5) is 8.41. The maximum absolute atomic E-state index is 12.9. The van der Waals surface area contributed by atoms with Crippen molar-refractivity contribution < 1.29 is 9.50 Å². The first kappa shape index (κ1) is 14.7. The number of aliphatic hydroxyl groups is 1. The normalized spacial score (nSPS) is 13.8. The lowest BCUT2D eigenvalue weighted by Gasteiger charge is -2.21. The summed E-state index contributed by atoms with van der Waals surface area (Å²) in [6.45, 7) is 1.83. The first-order valence-corrected chi connectivity index (χ1v) is 7.38. The lowest BCUT2D eigenvalue weighted by atomic mass is 10.0. The molecule has 0 saturated carbocycles. The van der Waals surface area contributed by atoms with E-state index in [1.807, 2.05) is 13.2 Å². The molecule has 0 spiro atoms. The van der Waals surface area contributed by atoms with Crippen molar-refractivity contribution in [3.63, 3.8) is 0 Å². The minimum atomic E-state index is -0.754. The minimum absolute atomic E-state index is 0.271. The molecule has 0 saturated heterocycles. The molecule has 6 heteroatoms. The molecule has 0 bridgehead atoms. The van der Waals surface area contributed by atoms with Gasteiger partial charge in [-0.1, -0.05) is 12.1 Å². The van der Waals surface area contributed by atoms with E-state index in [2.05, 4.69) is 15.3 Å². The van der Waals surface area contributed by atoms with Gasteiger partial charge in [0.1, 0.15) is 16.7 Å². The van der Waals surface area contributed by atoms with Crippen LogP contribution in [0.4, 0.5) is 10.2 Å². The van der Waals surface area contributed by atoms with Crippen molar-refractivity contribution in [2.24, 2.45) is 0 Å². The molecule has 0 unspecified atom stereocenters. The van der Waals surface area contributed by atoms with Gasteiger partial charge >= 0.3 is 0 Å². The van der Waals surface area contributed by atoms with Gasteiger partial charge in [0.05, 0.1) is 24.5 Å². The van der Waals surface area contributed by atoms with Crippen molar-refractivity contribution in [2.75, 3.05) is 11.6 Å². The van der Waals surface area contributed by atoms with E-state index >= 15 is 0 Å². The molecule has 1 heterocycles. The number of nitrogens with zero attached hydrogens (tertiary/aromatic N) is 2. The van der Waals surface area contributed by atoms with E-state index in [0.717, 1.165) is 5.03 Å². The van der Waals surface area contributed by atoms with Gasteiger partial charge in [0.25, 0.3) is 0 Å². The van der Waals surface area contributed by atoms with Crippen LogP contribution in [0.1, 0.15) is 18.6 Å². The number of anilines is 1. The lowest BCUT2D eigenvalue weighted by Crippen LogP contribution is -2.24. The average Bonchev–Trinajstić information content (AvgIpc) is 2.47. The fourth-order valence-electron chi connectivity index (χ4n) is 1.78. The standard InChI is InChI=1S/C14H16FN3OS/c1-9(14(19)10-3-5-11(15)6-4-10)17-12-7-16-8-13(18-12)20-2/h3-9,14,19H,1-2H3,(H,17,18)/t9-,14-/m0/s1. The van der Waals surface area contributed by atoms with Crippen LogP contribution in [0.5, 0.6) is 0 Å². The maximum atomic E-state index is 12.9. The maximum Gasteiger partial charge on any atom is 0.146 e. The van der Waals surface area contributed by atoms with E-state index in [1.165, 1.54) is 23.9 Å². The third-order valence-corrected chi connectivity index (χ3v) is 3.50. The number of benzene rings is 1. The molecule has 2 N–H and O–H groups in total. The number of hydrogen-bond acceptors (Lipinski definition) is 5. The van der Waals surface area contributed by atoms with Crippen LogP contribution in [-0.4, -0.2) is 27.4 Å². The number of thioether (sulfide) groups is 1. The van der Waals surface area contributed by atoms with Gasteiger partial charge in [-0.2, -0.15) is 0 Å². The quantitative estimate of drug-likeness (QED) is 0.830. The summed E-state index contributed by atoms with van der Waals surface area (Å²) >= 11 is 1.50. The molecule has 0 aliphatic carbocycles. The molecule has 0 fully saturated rings. The number of hydrogen-bond donors (Lipinski definition) is 2. The van der Waals surface area contributed by atoms with Crippen LogP contribution in [-0.2, 0) is 0 Å². The number of nitrogens with one attached hydrogen (secondary N) is 1. The van der Waals surface area contributed by atoms with Crippen LogP contribution < -0.4 is 5.32 Å². The highest BCUT2D eigenvalue weighted by Gasteiger charge is 2.17. The molecule has 1 aromatic carbocycles.